The van der Waals surface area contributed by atoms with Crippen molar-refractivity contribution in [1.29, 1.82) is 0 Å². The topological polar surface area (TPSA) is 15.3 Å². The Morgan fingerprint density at radius 2 is 1.48 bits per heavy atom. The van der Waals surface area contributed by atoms with Gasteiger partial charge in [0.2, 0.25) is 0 Å². The van der Waals surface area contributed by atoms with E-state index in [4.69, 9.17) is 0 Å². The average molecular weight is 489 g/mol. The Kier molecular flexibility index (Phi) is 10.0. The van der Waals surface area contributed by atoms with Gasteiger partial charge in [-0.3, -0.25) is 4.90 Å². The molecule has 23 heavy (non-hydrogen) atoms. The van der Waals surface area contributed by atoms with Crippen molar-refractivity contribution in [2.45, 2.75) is 38.1 Å². The third-order valence-electron chi connectivity index (χ3n) is 4.87. The van der Waals surface area contributed by atoms with E-state index in [0.29, 0.717) is 6.04 Å². The Balaban J connectivity index is 0.00000132. The second kappa shape index (κ2) is 10.6. The Labute approximate surface area is 169 Å². The minimum absolute atomic E-state index is 0. The smallest absolute Gasteiger partial charge is 0.0378 e. The first-order valence-electron chi connectivity index (χ1n) is 8.15. The van der Waals surface area contributed by atoms with E-state index >= 15 is 0 Å². The summed E-state index contributed by atoms with van der Waals surface area (Å²) in [4.78, 5) is 2.71. The summed E-state index contributed by atoms with van der Waals surface area (Å²) in [5.41, 5.74) is 1.48. The van der Waals surface area contributed by atoms with E-state index in [-0.39, 0.29) is 24.8 Å². The van der Waals surface area contributed by atoms with Gasteiger partial charge in [-0.25, -0.2) is 0 Å². The molecule has 1 atom stereocenters. The quantitative estimate of drug-likeness (QED) is 0.597. The highest BCUT2D eigenvalue weighted by Gasteiger charge is 2.31. The molecule has 0 bridgehead atoms. The number of nitrogens with zero attached hydrogens (tertiary/aromatic N) is 1. The van der Waals surface area contributed by atoms with Gasteiger partial charge in [0.1, 0.15) is 0 Å². The summed E-state index contributed by atoms with van der Waals surface area (Å²) in [6.07, 6.45) is 7.01. The van der Waals surface area contributed by atoms with Crippen molar-refractivity contribution in [2.24, 2.45) is 5.92 Å². The minimum atomic E-state index is 0. The van der Waals surface area contributed by atoms with E-state index in [1.807, 2.05) is 0 Å². The highest BCUT2D eigenvalue weighted by Crippen LogP contribution is 2.40. The number of rotatable bonds is 3. The zero-order valence-electron chi connectivity index (χ0n) is 13.3. The van der Waals surface area contributed by atoms with Crippen LogP contribution in [0, 0.1) is 5.92 Å². The van der Waals surface area contributed by atoms with Gasteiger partial charge in [0.05, 0.1) is 0 Å². The lowest BCUT2D eigenvalue weighted by atomic mass is 9.80. The summed E-state index contributed by atoms with van der Waals surface area (Å²) >= 11 is 7.34. The Morgan fingerprint density at radius 3 is 2.04 bits per heavy atom. The fourth-order valence-corrected chi connectivity index (χ4v) is 5.27. The van der Waals surface area contributed by atoms with Gasteiger partial charge in [-0.05, 0) is 42.5 Å². The van der Waals surface area contributed by atoms with Crippen LogP contribution in [0.25, 0.3) is 0 Å². The average Bonchev–Trinajstić information content (AvgIpc) is 2.49. The molecule has 1 aromatic carbocycles. The largest absolute Gasteiger partial charge is 0.314 e. The van der Waals surface area contributed by atoms with Crippen LogP contribution in [0.15, 0.2) is 27.1 Å². The number of hydrogen-bond acceptors (Lipinski definition) is 2. The zero-order chi connectivity index (χ0) is 14.7. The van der Waals surface area contributed by atoms with Gasteiger partial charge in [0, 0.05) is 41.2 Å². The lowest BCUT2D eigenvalue weighted by Crippen LogP contribution is -2.47. The standard InChI is InChI=1S/C17H24Br2N2.2ClH/c18-15-10-14(11-16(19)12-15)17(13-4-2-1-3-5-13)21-8-6-20-7-9-21;;/h10-13,17,20H,1-9H2;2*1H/t17-;;/m1../s1. The number of halogens is 4. The Hall–Kier alpha value is 0.680. The molecule has 1 N–H and O–H groups in total. The Morgan fingerprint density at radius 1 is 0.913 bits per heavy atom. The minimum Gasteiger partial charge on any atom is -0.314 e. The van der Waals surface area contributed by atoms with Gasteiger partial charge in [0.25, 0.3) is 0 Å². The van der Waals surface area contributed by atoms with Crippen LogP contribution >= 0.6 is 56.7 Å². The Bertz CT molecular complexity index is 437. The van der Waals surface area contributed by atoms with Crippen molar-refractivity contribution in [3.8, 4) is 0 Å². The van der Waals surface area contributed by atoms with Crippen LogP contribution in [0.5, 0.6) is 0 Å². The molecule has 1 saturated carbocycles. The lowest BCUT2D eigenvalue weighted by Gasteiger charge is -2.41. The molecule has 132 valence electrons. The van der Waals surface area contributed by atoms with E-state index in [0.717, 1.165) is 19.0 Å². The molecule has 2 aliphatic rings. The summed E-state index contributed by atoms with van der Waals surface area (Å²) < 4.78 is 2.37. The predicted octanol–water partition coefficient (Wildman–Crippen LogP) is 5.58. The van der Waals surface area contributed by atoms with Gasteiger partial charge in [-0.1, -0.05) is 51.1 Å². The predicted molar refractivity (Wildman–Crippen MR) is 110 cm³/mol. The first-order valence-corrected chi connectivity index (χ1v) is 9.73. The van der Waals surface area contributed by atoms with Crippen LogP contribution in [0.4, 0.5) is 0 Å². The normalized spacial score (nSPS) is 21.1. The van der Waals surface area contributed by atoms with Crippen LogP contribution in [0.2, 0.25) is 0 Å². The monoisotopic (exact) mass is 486 g/mol. The number of hydrogen-bond donors (Lipinski definition) is 1. The summed E-state index contributed by atoms with van der Waals surface area (Å²) in [5.74, 6) is 0.818. The number of benzene rings is 1. The third kappa shape index (κ3) is 5.86. The molecule has 2 fully saturated rings. The van der Waals surface area contributed by atoms with Gasteiger partial charge >= 0.3 is 0 Å². The third-order valence-corrected chi connectivity index (χ3v) is 5.78. The molecule has 1 saturated heterocycles. The summed E-state index contributed by atoms with van der Waals surface area (Å²) in [6, 6.07) is 7.37. The van der Waals surface area contributed by atoms with Gasteiger partial charge in [0.15, 0.2) is 0 Å². The molecule has 1 aromatic rings. The molecule has 3 rings (SSSR count). The molecule has 0 spiro atoms. The molecule has 1 heterocycles. The fourth-order valence-electron chi connectivity index (χ4n) is 3.94. The molecule has 1 aliphatic heterocycles. The molecule has 1 aliphatic carbocycles. The summed E-state index contributed by atoms with van der Waals surface area (Å²) in [7, 11) is 0. The van der Waals surface area contributed by atoms with Crippen LogP contribution in [0.3, 0.4) is 0 Å². The van der Waals surface area contributed by atoms with Crippen molar-refractivity contribution in [3.05, 3.63) is 32.7 Å². The fraction of sp³-hybridized carbons (Fsp3) is 0.647. The van der Waals surface area contributed by atoms with E-state index in [9.17, 15) is 0 Å². The molecule has 0 radical (unpaired) electrons. The maximum Gasteiger partial charge on any atom is 0.0378 e. The van der Waals surface area contributed by atoms with E-state index in [1.54, 1.807) is 0 Å². The van der Waals surface area contributed by atoms with Crippen LogP contribution < -0.4 is 5.32 Å². The SMILES string of the molecule is Brc1cc(Br)cc([C@@H](C2CCCCC2)N2CCNCC2)c1.Cl.Cl. The maximum atomic E-state index is 3.67. The highest BCUT2D eigenvalue weighted by atomic mass is 79.9. The number of nitrogens with one attached hydrogen (secondary N) is 1. The maximum absolute atomic E-state index is 3.67. The molecule has 0 unspecified atom stereocenters. The first-order chi connectivity index (χ1) is 10.2. The molecule has 6 heteroatoms. The van der Waals surface area contributed by atoms with E-state index < -0.39 is 0 Å². The molecule has 2 nitrogen and oxygen atoms in total. The molecular weight excluding hydrogens is 463 g/mol. The van der Waals surface area contributed by atoms with Gasteiger partial charge in [-0.2, -0.15) is 0 Å². The van der Waals surface area contributed by atoms with Crippen molar-refractivity contribution >= 4 is 56.7 Å². The van der Waals surface area contributed by atoms with Crippen molar-refractivity contribution in [3.63, 3.8) is 0 Å². The molecular formula is C17H26Br2Cl2N2. The van der Waals surface area contributed by atoms with Crippen LogP contribution in [0.1, 0.15) is 43.7 Å². The lowest BCUT2D eigenvalue weighted by molar-refractivity contribution is 0.103. The van der Waals surface area contributed by atoms with Gasteiger partial charge in [-0.15, -0.1) is 24.8 Å². The summed E-state index contributed by atoms with van der Waals surface area (Å²) in [6.45, 7) is 4.59. The molecule has 0 amide bonds. The second-order valence-electron chi connectivity index (χ2n) is 6.33. The van der Waals surface area contributed by atoms with Crippen molar-refractivity contribution in [1.82, 2.24) is 10.2 Å². The molecule has 0 aromatic heterocycles. The zero-order valence-corrected chi connectivity index (χ0v) is 18.1. The van der Waals surface area contributed by atoms with Crippen LogP contribution in [-0.2, 0) is 0 Å². The van der Waals surface area contributed by atoms with Crippen molar-refractivity contribution < 1.29 is 0 Å². The van der Waals surface area contributed by atoms with Crippen molar-refractivity contribution in [2.75, 3.05) is 26.2 Å². The first kappa shape index (κ1) is 21.7. The van der Waals surface area contributed by atoms with Crippen LogP contribution in [-0.4, -0.2) is 31.1 Å². The van der Waals surface area contributed by atoms with Gasteiger partial charge < -0.3 is 5.32 Å². The summed E-state index contributed by atoms with van der Waals surface area (Å²) in [5, 5.41) is 3.49. The van der Waals surface area contributed by atoms with E-state index in [2.05, 4.69) is 60.3 Å². The highest BCUT2D eigenvalue weighted by molar-refractivity contribution is 9.11. The number of piperazine rings is 1. The van der Waals surface area contributed by atoms with E-state index in [1.165, 1.54) is 59.7 Å². The second-order valence-corrected chi connectivity index (χ2v) is 8.16.